The van der Waals surface area contributed by atoms with Crippen molar-refractivity contribution in [1.82, 2.24) is 14.8 Å². The van der Waals surface area contributed by atoms with Crippen molar-refractivity contribution in [1.29, 1.82) is 0 Å². The zero-order valence-electron chi connectivity index (χ0n) is 14.6. The van der Waals surface area contributed by atoms with Crippen LogP contribution < -0.4 is 5.32 Å². The van der Waals surface area contributed by atoms with Crippen LogP contribution in [0.4, 0.5) is 5.69 Å². The molecule has 1 aliphatic carbocycles. The van der Waals surface area contributed by atoms with E-state index in [4.69, 9.17) is 16.7 Å². The molecule has 1 aromatic heterocycles. The van der Waals surface area contributed by atoms with Crippen LogP contribution in [0.2, 0.25) is 5.02 Å². The van der Waals surface area contributed by atoms with Gasteiger partial charge in [-0.2, -0.15) is 0 Å². The van der Waals surface area contributed by atoms with Gasteiger partial charge in [-0.15, -0.1) is 10.2 Å². The minimum atomic E-state index is -0.0314. The molecule has 0 atom stereocenters. The Hall–Kier alpha value is -2.37. The number of nitrogens with one attached hydrogen (secondary N) is 1. The summed E-state index contributed by atoms with van der Waals surface area (Å²) in [6.45, 7) is 0.566. The second-order valence-corrected chi connectivity index (χ2v) is 7.11. The highest BCUT2D eigenvalue weighted by molar-refractivity contribution is 6.33. The number of aliphatic hydroxyl groups excluding tert-OH is 1. The number of aliphatic hydroxyl groups is 1. The van der Waals surface area contributed by atoms with E-state index in [0.717, 1.165) is 35.7 Å². The molecule has 6 heteroatoms. The van der Waals surface area contributed by atoms with Crippen molar-refractivity contribution in [3.8, 4) is 11.4 Å². The molecular weight excluding hydrogens is 348 g/mol. The van der Waals surface area contributed by atoms with E-state index in [-0.39, 0.29) is 12.0 Å². The van der Waals surface area contributed by atoms with Crippen molar-refractivity contribution < 1.29 is 5.11 Å². The average Bonchev–Trinajstić information content (AvgIpc) is 3.38. The van der Waals surface area contributed by atoms with Gasteiger partial charge in [-0.05, 0) is 36.6 Å². The Balaban J connectivity index is 1.69. The van der Waals surface area contributed by atoms with E-state index in [1.54, 1.807) is 0 Å². The quantitative estimate of drug-likeness (QED) is 0.697. The first-order chi connectivity index (χ1) is 12.7. The molecule has 0 radical (unpaired) electrons. The van der Waals surface area contributed by atoms with Crippen LogP contribution in [-0.4, -0.2) is 33.0 Å². The molecule has 1 fully saturated rings. The number of aromatic nitrogens is 3. The van der Waals surface area contributed by atoms with E-state index in [0.29, 0.717) is 11.6 Å². The van der Waals surface area contributed by atoms with Gasteiger partial charge in [0.25, 0.3) is 0 Å². The van der Waals surface area contributed by atoms with Crippen molar-refractivity contribution in [3.63, 3.8) is 0 Å². The largest absolute Gasteiger partial charge is 0.395 e. The number of rotatable bonds is 6. The Kier molecular flexibility index (Phi) is 4.42. The molecule has 1 aliphatic rings. The maximum atomic E-state index is 8.93. The highest BCUT2D eigenvalue weighted by Gasteiger charge is 2.49. The summed E-state index contributed by atoms with van der Waals surface area (Å²) in [7, 11) is 2.00. The van der Waals surface area contributed by atoms with Crippen LogP contribution in [0.25, 0.3) is 11.4 Å². The Morgan fingerprint density at radius 3 is 2.58 bits per heavy atom. The van der Waals surface area contributed by atoms with E-state index in [1.165, 1.54) is 5.56 Å². The second-order valence-electron chi connectivity index (χ2n) is 6.70. The molecule has 0 spiro atoms. The van der Waals surface area contributed by atoms with Gasteiger partial charge < -0.3 is 15.0 Å². The predicted octanol–water partition coefficient (Wildman–Crippen LogP) is 3.62. The van der Waals surface area contributed by atoms with Crippen LogP contribution in [0, 0.1) is 0 Å². The van der Waals surface area contributed by atoms with Crippen LogP contribution in [-0.2, 0) is 12.5 Å². The minimum Gasteiger partial charge on any atom is -0.395 e. The lowest BCUT2D eigenvalue weighted by atomic mass is 9.95. The monoisotopic (exact) mass is 368 g/mol. The fraction of sp³-hybridized carbons (Fsp3) is 0.300. The minimum absolute atomic E-state index is 0.0314. The Bertz CT molecular complexity index is 919. The lowest BCUT2D eigenvalue weighted by Crippen LogP contribution is -2.15. The van der Waals surface area contributed by atoms with E-state index >= 15 is 0 Å². The van der Waals surface area contributed by atoms with Gasteiger partial charge in [0.05, 0.1) is 17.0 Å². The number of anilines is 1. The van der Waals surface area contributed by atoms with Crippen molar-refractivity contribution >= 4 is 17.3 Å². The molecule has 1 saturated carbocycles. The molecule has 2 aromatic carbocycles. The van der Waals surface area contributed by atoms with Gasteiger partial charge in [-0.25, -0.2) is 0 Å². The summed E-state index contributed by atoms with van der Waals surface area (Å²) in [6, 6.07) is 16.2. The van der Waals surface area contributed by atoms with Crippen molar-refractivity contribution in [3.05, 3.63) is 64.9 Å². The molecule has 134 valence electrons. The summed E-state index contributed by atoms with van der Waals surface area (Å²) in [5.41, 5.74) is 2.98. The third-order valence-corrected chi connectivity index (χ3v) is 5.34. The molecule has 0 aliphatic heterocycles. The molecule has 0 amide bonds. The summed E-state index contributed by atoms with van der Waals surface area (Å²) in [4.78, 5) is 0. The van der Waals surface area contributed by atoms with Crippen molar-refractivity contribution in [2.24, 2.45) is 7.05 Å². The number of nitrogens with zero attached hydrogens (tertiary/aromatic N) is 3. The fourth-order valence-electron chi connectivity index (χ4n) is 3.51. The average molecular weight is 369 g/mol. The molecule has 0 bridgehead atoms. The first-order valence-electron chi connectivity index (χ1n) is 8.76. The Morgan fingerprint density at radius 1 is 1.15 bits per heavy atom. The van der Waals surface area contributed by atoms with Crippen molar-refractivity contribution in [2.45, 2.75) is 18.3 Å². The third-order valence-electron chi connectivity index (χ3n) is 5.03. The maximum Gasteiger partial charge on any atom is 0.165 e. The van der Waals surface area contributed by atoms with Crippen LogP contribution >= 0.6 is 11.6 Å². The molecule has 0 unspecified atom stereocenters. The van der Waals surface area contributed by atoms with Crippen LogP contribution in [0.1, 0.15) is 24.2 Å². The fourth-order valence-corrected chi connectivity index (χ4v) is 3.78. The van der Waals surface area contributed by atoms with E-state index in [2.05, 4.69) is 44.3 Å². The zero-order chi connectivity index (χ0) is 18.1. The molecule has 4 rings (SSSR count). The Labute approximate surface area is 157 Å². The predicted molar refractivity (Wildman–Crippen MR) is 103 cm³/mol. The number of hydrogen-bond acceptors (Lipinski definition) is 4. The molecule has 5 nitrogen and oxygen atoms in total. The third kappa shape index (κ3) is 2.87. The lowest BCUT2D eigenvalue weighted by Gasteiger charge is -2.15. The molecule has 0 saturated heterocycles. The highest BCUT2D eigenvalue weighted by atomic mass is 35.5. The summed E-state index contributed by atoms with van der Waals surface area (Å²) in [5.74, 6) is 1.75. The van der Waals surface area contributed by atoms with E-state index in [9.17, 15) is 0 Å². The second kappa shape index (κ2) is 6.74. The normalized spacial score (nSPS) is 15.0. The van der Waals surface area contributed by atoms with Gasteiger partial charge in [0.1, 0.15) is 5.82 Å². The highest BCUT2D eigenvalue weighted by Crippen LogP contribution is 2.53. The lowest BCUT2D eigenvalue weighted by molar-refractivity contribution is 0.311. The van der Waals surface area contributed by atoms with Crippen LogP contribution in [0.5, 0.6) is 0 Å². The maximum absolute atomic E-state index is 8.93. The molecule has 1 heterocycles. The van der Waals surface area contributed by atoms with Gasteiger partial charge >= 0.3 is 0 Å². The van der Waals surface area contributed by atoms with E-state index in [1.807, 2.05) is 31.3 Å². The smallest absolute Gasteiger partial charge is 0.165 e. The zero-order valence-corrected chi connectivity index (χ0v) is 15.4. The molecule has 26 heavy (non-hydrogen) atoms. The standard InChI is InChI=1S/C20H21ClN4O/c1-25-18(16-8-7-15(13-17(16)21)22-11-12-26)23-24-19(25)20(9-10-20)14-5-3-2-4-6-14/h2-8,13,22,26H,9-12H2,1H3. The van der Waals surface area contributed by atoms with Gasteiger partial charge in [0, 0.05) is 24.8 Å². The first kappa shape index (κ1) is 17.1. The molecule has 2 N–H and O–H groups in total. The van der Waals surface area contributed by atoms with Gasteiger partial charge in [0.15, 0.2) is 5.82 Å². The summed E-state index contributed by atoms with van der Waals surface area (Å²) >= 11 is 6.49. The topological polar surface area (TPSA) is 63.0 Å². The van der Waals surface area contributed by atoms with Gasteiger partial charge in [-0.1, -0.05) is 41.9 Å². The summed E-state index contributed by atoms with van der Waals surface area (Å²) < 4.78 is 2.06. The Morgan fingerprint density at radius 2 is 1.92 bits per heavy atom. The van der Waals surface area contributed by atoms with Crippen molar-refractivity contribution in [2.75, 3.05) is 18.5 Å². The van der Waals surface area contributed by atoms with Crippen LogP contribution in [0.3, 0.4) is 0 Å². The number of benzene rings is 2. The first-order valence-corrected chi connectivity index (χ1v) is 9.13. The van der Waals surface area contributed by atoms with Gasteiger partial charge in [0.2, 0.25) is 0 Å². The number of hydrogen-bond donors (Lipinski definition) is 2. The van der Waals surface area contributed by atoms with Gasteiger partial charge in [-0.3, -0.25) is 0 Å². The van der Waals surface area contributed by atoms with E-state index < -0.39 is 0 Å². The van der Waals surface area contributed by atoms with Crippen LogP contribution in [0.15, 0.2) is 48.5 Å². The molecule has 3 aromatic rings. The SMILES string of the molecule is Cn1c(-c2ccc(NCCO)cc2Cl)nnc1C1(c2ccccc2)CC1. The number of halogens is 1. The summed E-state index contributed by atoms with van der Waals surface area (Å²) in [5, 5.41) is 21.6. The molecular formula is C20H21ClN4O. The summed E-state index contributed by atoms with van der Waals surface area (Å²) in [6.07, 6.45) is 2.17.